The number of nitrogens with zero attached hydrogens (tertiary/aromatic N) is 2. The minimum absolute atomic E-state index is 0.0756. The van der Waals surface area contributed by atoms with Crippen molar-refractivity contribution in [3.63, 3.8) is 0 Å². The summed E-state index contributed by atoms with van der Waals surface area (Å²) in [6.45, 7) is 2.38. The van der Waals surface area contributed by atoms with Crippen molar-refractivity contribution in [3.8, 4) is 11.1 Å². The van der Waals surface area contributed by atoms with E-state index in [1.165, 1.54) is 10.5 Å². The summed E-state index contributed by atoms with van der Waals surface area (Å²) >= 11 is 0. The second-order valence-corrected chi connectivity index (χ2v) is 6.00. The molecule has 1 aromatic heterocycles. The van der Waals surface area contributed by atoms with E-state index < -0.39 is 5.97 Å². The summed E-state index contributed by atoms with van der Waals surface area (Å²) in [4.78, 5) is 27.1. The number of pyridine rings is 1. The lowest BCUT2D eigenvalue weighted by atomic mass is 10.0. The highest BCUT2D eigenvalue weighted by Crippen LogP contribution is 2.20. The highest BCUT2D eigenvalue weighted by Gasteiger charge is 2.06. The number of aromatic nitrogens is 1. The molecule has 0 aliphatic heterocycles. The average molecular weight is 353 g/mol. The molecule has 2 N–H and O–H groups in total. The maximum absolute atomic E-state index is 10.8. The van der Waals surface area contributed by atoms with E-state index in [4.69, 9.17) is 10.5 Å². The molecular weight excluding hydrogens is 330 g/mol. The number of carboxylic acids is 1. The SMILES string of the molecule is CCN(C=O)C(=N)CCCc1ccc(-c2ccc(CC(=O)O)nc2)cc1. The van der Waals surface area contributed by atoms with Gasteiger partial charge in [0.15, 0.2) is 0 Å². The van der Waals surface area contributed by atoms with Crippen molar-refractivity contribution >= 4 is 18.2 Å². The van der Waals surface area contributed by atoms with Crippen molar-refractivity contribution in [2.45, 2.75) is 32.6 Å². The average Bonchev–Trinajstić information content (AvgIpc) is 2.63. The highest BCUT2D eigenvalue weighted by atomic mass is 16.4. The maximum atomic E-state index is 10.8. The van der Waals surface area contributed by atoms with Crippen molar-refractivity contribution < 1.29 is 14.7 Å². The third kappa shape index (κ3) is 5.51. The fourth-order valence-electron chi connectivity index (χ4n) is 2.65. The summed E-state index contributed by atoms with van der Waals surface area (Å²) < 4.78 is 0. The Kier molecular flexibility index (Phi) is 7.02. The van der Waals surface area contributed by atoms with Crippen molar-refractivity contribution in [1.29, 1.82) is 5.41 Å². The number of carboxylic acid groups (broad SMARTS) is 1. The van der Waals surface area contributed by atoms with Gasteiger partial charge in [-0.3, -0.25) is 20.0 Å². The Balaban J connectivity index is 1.90. The Morgan fingerprint density at radius 2 is 1.88 bits per heavy atom. The molecule has 0 fully saturated rings. The van der Waals surface area contributed by atoms with Crippen LogP contribution in [0.4, 0.5) is 0 Å². The standard InChI is InChI=1S/C20H23N3O3/c1-2-23(14-24)19(21)5-3-4-15-6-8-16(9-7-15)17-10-11-18(22-13-17)12-20(25)26/h6-11,13-14,21H,2-5,12H2,1H3,(H,25,26). The maximum Gasteiger partial charge on any atom is 0.309 e. The van der Waals surface area contributed by atoms with Crippen LogP contribution in [0.15, 0.2) is 42.6 Å². The summed E-state index contributed by atoms with van der Waals surface area (Å²) in [5, 5.41) is 16.6. The van der Waals surface area contributed by atoms with Crippen LogP contribution in [0.25, 0.3) is 11.1 Å². The number of aryl methyl sites for hydroxylation is 1. The first-order chi connectivity index (χ1) is 12.5. The molecule has 0 aliphatic carbocycles. The van der Waals surface area contributed by atoms with Crippen LogP contribution in [0.1, 0.15) is 31.0 Å². The van der Waals surface area contributed by atoms with E-state index in [9.17, 15) is 9.59 Å². The number of carbonyl (C=O) groups is 2. The second kappa shape index (κ2) is 9.46. The molecule has 2 rings (SSSR count). The quantitative estimate of drug-likeness (QED) is 0.411. The summed E-state index contributed by atoms with van der Waals surface area (Å²) in [6, 6.07) is 11.7. The van der Waals surface area contributed by atoms with Crippen LogP contribution in [0.5, 0.6) is 0 Å². The van der Waals surface area contributed by atoms with Gasteiger partial charge in [0.1, 0.15) is 5.84 Å². The van der Waals surface area contributed by atoms with Crippen LogP contribution < -0.4 is 0 Å². The molecule has 136 valence electrons. The molecule has 6 heteroatoms. The van der Waals surface area contributed by atoms with E-state index in [1.54, 1.807) is 12.3 Å². The first-order valence-corrected chi connectivity index (χ1v) is 8.59. The highest BCUT2D eigenvalue weighted by molar-refractivity contribution is 5.88. The van der Waals surface area contributed by atoms with Gasteiger partial charge in [-0.1, -0.05) is 30.3 Å². The lowest BCUT2D eigenvalue weighted by Crippen LogP contribution is -2.28. The van der Waals surface area contributed by atoms with Gasteiger partial charge in [0.2, 0.25) is 6.41 Å². The number of aliphatic carboxylic acids is 1. The zero-order valence-electron chi connectivity index (χ0n) is 14.8. The molecule has 0 aliphatic rings. The summed E-state index contributed by atoms with van der Waals surface area (Å²) in [7, 11) is 0. The Morgan fingerprint density at radius 3 is 2.42 bits per heavy atom. The van der Waals surface area contributed by atoms with E-state index in [0.717, 1.165) is 24.0 Å². The summed E-state index contributed by atoms with van der Waals surface area (Å²) in [6.07, 6.45) is 4.54. The molecule has 0 saturated heterocycles. The fraction of sp³-hybridized carbons (Fsp3) is 0.300. The zero-order chi connectivity index (χ0) is 18.9. The molecular formula is C20H23N3O3. The lowest BCUT2D eigenvalue weighted by molar-refractivity contribution is -0.136. The Labute approximate surface area is 153 Å². The molecule has 1 aromatic carbocycles. The Morgan fingerprint density at radius 1 is 1.19 bits per heavy atom. The van der Waals surface area contributed by atoms with Gasteiger partial charge >= 0.3 is 5.97 Å². The molecule has 0 atom stereocenters. The van der Waals surface area contributed by atoms with Gasteiger partial charge in [0, 0.05) is 24.7 Å². The molecule has 6 nitrogen and oxygen atoms in total. The van der Waals surface area contributed by atoms with Gasteiger partial charge in [0.05, 0.1) is 12.1 Å². The van der Waals surface area contributed by atoms with Gasteiger partial charge in [-0.15, -0.1) is 0 Å². The number of rotatable bonds is 9. The monoisotopic (exact) mass is 353 g/mol. The first-order valence-electron chi connectivity index (χ1n) is 8.59. The summed E-state index contributed by atoms with van der Waals surface area (Å²) in [5.74, 6) is -0.537. The van der Waals surface area contributed by atoms with Gasteiger partial charge < -0.3 is 10.0 Å². The molecule has 0 saturated carbocycles. The normalized spacial score (nSPS) is 10.3. The van der Waals surface area contributed by atoms with Gasteiger partial charge in [-0.25, -0.2) is 0 Å². The number of amides is 1. The molecule has 1 heterocycles. The molecule has 0 radical (unpaired) electrons. The molecule has 1 amide bonds. The van der Waals surface area contributed by atoms with Crippen LogP contribution in [0.3, 0.4) is 0 Å². The Bertz CT molecular complexity index is 755. The van der Waals surface area contributed by atoms with Gasteiger partial charge in [-0.05, 0) is 37.0 Å². The molecule has 0 spiro atoms. The van der Waals surface area contributed by atoms with Crippen molar-refractivity contribution in [3.05, 3.63) is 53.9 Å². The molecule has 2 aromatic rings. The van der Waals surface area contributed by atoms with Crippen molar-refractivity contribution in [2.75, 3.05) is 6.54 Å². The topological polar surface area (TPSA) is 94.4 Å². The minimum atomic E-state index is -0.891. The lowest BCUT2D eigenvalue weighted by Gasteiger charge is -2.15. The van der Waals surface area contributed by atoms with Crippen LogP contribution in [0, 0.1) is 5.41 Å². The third-order valence-corrected chi connectivity index (χ3v) is 4.14. The zero-order valence-corrected chi connectivity index (χ0v) is 14.8. The predicted octanol–water partition coefficient (Wildman–Crippen LogP) is 3.15. The number of amidine groups is 1. The fourth-order valence-corrected chi connectivity index (χ4v) is 2.65. The number of benzene rings is 1. The number of nitrogens with one attached hydrogen (secondary N) is 1. The minimum Gasteiger partial charge on any atom is -0.481 e. The number of hydrogen-bond donors (Lipinski definition) is 2. The van der Waals surface area contributed by atoms with Gasteiger partial charge in [-0.2, -0.15) is 0 Å². The van der Waals surface area contributed by atoms with Crippen LogP contribution >= 0.6 is 0 Å². The van der Waals surface area contributed by atoms with Crippen LogP contribution in [-0.4, -0.2) is 39.8 Å². The first kappa shape index (κ1) is 19.3. The molecule has 26 heavy (non-hydrogen) atoms. The van der Waals surface area contributed by atoms with Crippen LogP contribution in [-0.2, 0) is 22.4 Å². The van der Waals surface area contributed by atoms with Crippen molar-refractivity contribution in [2.24, 2.45) is 0 Å². The number of hydrogen-bond acceptors (Lipinski definition) is 4. The Hall–Kier alpha value is -3.02. The largest absolute Gasteiger partial charge is 0.481 e. The molecule has 0 unspecified atom stereocenters. The molecule has 0 bridgehead atoms. The third-order valence-electron chi connectivity index (χ3n) is 4.14. The van der Waals surface area contributed by atoms with E-state index in [2.05, 4.69) is 4.98 Å². The van der Waals surface area contributed by atoms with E-state index in [0.29, 0.717) is 30.9 Å². The van der Waals surface area contributed by atoms with Crippen LogP contribution in [0.2, 0.25) is 0 Å². The smallest absolute Gasteiger partial charge is 0.309 e. The second-order valence-electron chi connectivity index (χ2n) is 6.00. The van der Waals surface area contributed by atoms with Gasteiger partial charge in [0.25, 0.3) is 0 Å². The summed E-state index contributed by atoms with van der Waals surface area (Å²) in [5.41, 5.74) is 3.67. The number of carbonyl (C=O) groups excluding carboxylic acids is 1. The van der Waals surface area contributed by atoms with Crippen molar-refractivity contribution in [1.82, 2.24) is 9.88 Å². The van der Waals surface area contributed by atoms with E-state index in [1.807, 2.05) is 37.3 Å². The van der Waals surface area contributed by atoms with E-state index in [-0.39, 0.29) is 6.42 Å². The predicted molar refractivity (Wildman–Crippen MR) is 100 cm³/mol. The van der Waals surface area contributed by atoms with E-state index >= 15 is 0 Å².